The zero-order valence-corrected chi connectivity index (χ0v) is 16.3. The van der Waals surface area contributed by atoms with Gasteiger partial charge in [0.25, 0.3) is 0 Å². The lowest BCUT2D eigenvalue weighted by Crippen LogP contribution is -2.07. The second kappa shape index (κ2) is 7.90. The summed E-state index contributed by atoms with van der Waals surface area (Å²) >= 11 is 0. The summed E-state index contributed by atoms with van der Waals surface area (Å²) in [6, 6.07) is 5.75. The maximum Gasteiger partial charge on any atom is 0.320 e. The molecule has 0 fully saturated rings. The lowest BCUT2D eigenvalue weighted by molar-refractivity contribution is 0.314. The summed E-state index contributed by atoms with van der Waals surface area (Å²) < 4.78 is 40.6. The molecule has 2 N–H and O–H groups in total. The Kier molecular flexibility index (Phi) is 5.13. The smallest absolute Gasteiger partial charge is 0.320 e. The number of benzene rings is 1. The molecule has 0 amide bonds. The predicted molar refractivity (Wildman–Crippen MR) is 106 cm³/mol. The number of hydrogen-bond donors (Lipinski definition) is 1. The first-order valence-electron chi connectivity index (χ1n) is 9.10. The van der Waals surface area contributed by atoms with Gasteiger partial charge in [-0.3, -0.25) is 4.98 Å². The highest BCUT2D eigenvalue weighted by Gasteiger charge is 2.20. The molecule has 0 aliphatic rings. The number of imidazole rings is 1. The van der Waals surface area contributed by atoms with E-state index in [2.05, 4.69) is 19.9 Å². The van der Waals surface area contributed by atoms with Crippen molar-refractivity contribution in [1.29, 1.82) is 0 Å². The number of fused-ring (bicyclic) bond motifs is 1. The van der Waals surface area contributed by atoms with Gasteiger partial charge in [0.05, 0.1) is 26.5 Å². The SMILES string of the molecule is CCOc1nc(N)c2nc(-c3cncc(F)c3)n(Cc3cc(OC)ccc3F)c2n1. The van der Waals surface area contributed by atoms with Crippen molar-refractivity contribution in [3.8, 4) is 23.1 Å². The molecule has 0 unspecified atom stereocenters. The fraction of sp³-hybridized carbons (Fsp3) is 0.200. The maximum atomic E-state index is 14.5. The molecule has 154 valence electrons. The van der Waals surface area contributed by atoms with Gasteiger partial charge in [-0.2, -0.15) is 9.97 Å². The van der Waals surface area contributed by atoms with Gasteiger partial charge in [0, 0.05) is 17.3 Å². The van der Waals surface area contributed by atoms with Crippen LogP contribution in [0.5, 0.6) is 11.8 Å². The fourth-order valence-corrected chi connectivity index (χ4v) is 3.07. The van der Waals surface area contributed by atoms with E-state index in [1.54, 1.807) is 17.6 Å². The van der Waals surface area contributed by atoms with Gasteiger partial charge in [-0.1, -0.05) is 0 Å². The van der Waals surface area contributed by atoms with Crippen molar-refractivity contribution < 1.29 is 18.3 Å². The molecular weight excluding hydrogens is 394 g/mol. The monoisotopic (exact) mass is 412 g/mol. The van der Waals surface area contributed by atoms with E-state index < -0.39 is 11.6 Å². The number of rotatable bonds is 6. The summed E-state index contributed by atoms with van der Waals surface area (Å²) in [6.45, 7) is 2.16. The summed E-state index contributed by atoms with van der Waals surface area (Å²) in [5.41, 5.74) is 7.39. The number of ether oxygens (including phenoxy) is 2. The minimum Gasteiger partial charge on any atom is -0.497 e. The third kappa shape index (κ3) is 3.59. The van der Waals surface area contributed by atoms with Crippen molar-refractivity contribution in [2.24, 2.45) is 0 Å². The molecule has 4 rings (SSSR count). The van der Waals surface area contributed by atoms with Crippen LogP contribution in [0, 0.1) is 11.6 Å². The van der Waals surface area contributed by atoms with Gasteiger partial charge in [0.15, 0.2) is 17.0 Å². The Morgan fingerprint density at radius 3 is 2.67 bits per heavy atom. The molecule has 10 heteroatoms. The number of aromatic nitrogens is 5. The topological polar surface area (TPSA) is 101 Å². The number of pyridine rings is 1. The summed E-state index contributed by atoms with van der Waals surface area (Å²) in [6.07, 6.45) is 2.54. The van der Waals surface area contributed by atoms with Crippen LogP contribution in [-0.4, -0.2) is 38.2 Å². The largest absolute Gasteiger partial charge is 0.497 e. The Bertz CT molecular complexity index is 1230. The van der Waals surface area contributed by atoms with Crippen LogP contribution in [0.1, 0.15) is 12.5 Å². The lowest BCUT2D eigenvalue weighted by atomic mass is 10.2. The summed E-state index contributed by atoms with van der Waals surface area (Å²) in [5, 5.41) is 0. The Morgan fingerprint density at radius 2 is 1.93 bits per heavy atom. The molecule has 3 heterocycles. The van der Waals surface area contributed by atoms with Crippen LogP contribution in [0.2, 0.25) is 0 Å². The molecule has 0 spiro atoms. The Balaban J connectivity index is 1.95. The minimum atomic E-state index is -0.535. The second-order valence-electron chi connectivity index (χ2n) is 6.37. The van der Waals surface area contributed by atoms with Gasteiger partial charge in [-0.15, -0.1) is 0 Å². The van der Waals surface area contributed by atoms with E-state index in [-0.39, 0.29) is 18.4 Å². The number of anilines is 1. The molecule has 0 saturated heterocycles. The normalized spacial score (nSPS) is 11.1. The molecule has 4 aromatic rings. The number of methoxy groups -OCH3 is 1. The van der Waals surface area contributed by atoms with E-state index >= 15 is 0 Å². The average molecular weight is 412 g/mol. The highest BCUT2D eigenvalue weighted by molar-refractivity contribution is 5.85. The lowest BCUT2D eigenvalue weighted by Gasteiger charge is -2.11. The van der Waals surface area contributed by atoms with E-state index in [1.165, 1.54) is 31.5 Å². The van der Waals surface area contributed by atoms with Crippen molar-refractivity contribution in [2.45, 2.75) is 13.5 Å². The van der Waals surface area contributed by atoms with Crippen LogP contribution in [0.25, 0.3) is 22.6 Å². The first kappa shape index (κ1) is 19.5. The van der Waals surface area contributed by atoms with Gasteiger partial charge < -0.3 is 19.8 Å². The van der Waals surface area contributed by atoms with Crippen molar-refractivity contribution in [1.82, 2.24) is 24.5 Å². The predicted octanol–water partition coefficient (Wildman–Crippen LogP) is 3.20. The molecule has 0 radical (unpaired) electrons. The summed E-state index contributed by atoms with van der Waals surface area (Å²) in [7, 11) is 1.50. The van der Waals surface area contributed by atoms with Crippen LogP contribution in [-0.2, 0) is 6.54 Å². The van der Waals surface area contributed by atoms with Gasteiger partial charge in [-0.05, 0) is 31.2 Å². The highest BCUT2D eigenvalue weighted by atomic mass is 19.1. The number of hydrogen-bond acceptors (Lipinski definition) is 7. The Morgan fingerprint density at radius 1 is 1.10 bits per heavy atom. The van der Waals surface area contributed by atoms with Crippen molar-refractivity contribution >= 4 is 17.0 Å². The first-order chi connectivity index (χ1) is 14.5. The van der Waals surface area contributed by atoms with Crippen molar-refractivity contribution in [2.75, 3.05) is 19.5 Å². The van der Waals surface area contributed by atoms with E-state index in [1.807, 2.05) is 0 Å². The van der Waals surface area contributed by atoms with Gasteiger partial charge in [-0.25, -0.2) is 13.8 Å². The first-order valence-corrected chi connectivity index (χ1v) is 9.10. The van der Waals surface area contributed by atoms with Crippen LogP contribution in [0.3, 0.4) is 0 Å². The highest BCUT2D eigenvalue weighted by Crippen LogP contribution is 2.29. The fourth-order valence-electron chi connectivity index (χ4n) is 3.07. The molecular formula is C20H18F2N6O2. The number of nitrogens with two attached hydrogens (primary N) is 1. The van der Waals surface area contributed by atoms with Crippen LogP contribution >= 0.6 is 0 Å². The third-order valence-corrected chi connectivity index (χ3v) is 4.42. The standard InChI is InChI=1S/C20H18F2N6O2/c1-3-30-20-26-17(23)16-19(27-20)28(10-12-7-14(29-2)4-5-15(12)22)18(25-16)11-6-13(21)9-24-8-11/h4-9H,3,10H2,1-2H3,(H2,23,26,27). The van der Waals surface area contributed by atoms with Gasteiger partial charge in [0.2, 0.25) is 0 Å². The maximum absolute atomic E-state index is 14.5. The molecule has 0 aliphatic carbocycles. The summed E-state index contributed by atoms with van der Waals surface area (Å²) in [5.74, 6) is -0.0671. The van der Waals surface area contributed by atoms with E-state index in [4.69, 9.17) is 15.2 Å². The molecule has 0 atom stereocenters. The van der Waals surface area contributed by atoms with E-state index in [0.29, 0.717) is 40.5 Å². The number of nitrogen functional groups attached to an aromatic ring is 1. The van der Waals surface area contributed by atoms with E-state index in [9.17, 15) is 8.78 Å². The number of nitrogens with zero attached hydrogens (tertiary/aromatic N) is 5. The molecule has 1 aromatic carbocycles. The molecule has 3 aromatic heterocycles. The van der Waals surface area contributed by atoms with Crippen LogP contribution in [0.4, 0.5) is 14.6 Å². The van der Waals surface area contributed by atoms with Crippen LogP contribution in [0.15, 0.2) is 36.7 Å². The third-order valence-electron chi connectivity index (χ3n) is 4.42. The Labute approximate surface area is 170 Å². The zero-order valence-electron chi connectivity index (χ0n) is 16.3. The quantitative estimate of drug-likeness (QED) is 0.519. The minimum absolute atomic E-state index is 0.0351. The van der Waals surface area contributed by atoms with Crippen LogP contribution < -0.4 is 15.2 Å². The summed E-state index contributed by atoms with van der Waals surface area (Å²) in [4.78, 5) is 16.8. The molecule has 0 saturated carbocycles. The van der Waals surface area contributed by atoms with E-state index in [0.717, 1.165) is 6.20 Å². The van der Waals surface area contributed by atoms with Gasteiger partial charge in [0.1, 0.15) is 23.2 Å². The molecule has 0 bridgehead atoms. The number of halogens is 2. The zero-order chi connectivity index (χ0) is 21.3. The molecule has 30 heavy (non-hydrogen) atoms. The van der Waals surface area contributed by atoms with Gasteiger partial charge >= 0.3 is 6.01 Å². The average Bonchev–Trinajstić information content (AvgIpc) is 3.09. The Hall–Kier alpha value is -3.82. The second-order valence-corrected chi connectivity index (χ2v) is 6.37. The van der Waals surface area contributed by atoms with Crippen molar-refractivity contribution in [3.63, 3.8) is 0 Å². The molecule has 8 nitrogen and oxygen atoms in total. The molecule has 0 aliphatic heterocycles. The van der Waals surface area contributed by atoms with Crippen molar-refractivity contribution in [3.05, 3.63) is 53.9 Å².